The Morgan fingerprint density at radius 1 is 1.71 bits per heavy atom. The normalized spacial score (nSPS) is 42.7. The molecule has 1 unspecified atom stereocenters. The van der Waals surface area contributed by atoms with E-state index in [2.05, 4.69) is 5.32 Å². The van der Waals surface area contributed by atoms with Gasteiger partial charge in [-0.3, -0.25) is 4.90 Å². The molecule has 2 heterocycles. The van der Waals surface area contributed by atoms with Crippen LogP contribution in [0.2, 0.25) is 0 Å². The smallest absolute Gasteiger partial charge is 0.321 e. The highest BCUT2D eigenvalue weighted by atomic mass is 19.1. The van der Waals surface area contributed by atoms with E-state index in [0.717, 1.165) is 0 Å². The number of aliphatic hydroxyl groups excluding tert-OH is 2. The van der Waals surface area contributed by atoms with Crippen molar-refractivity contribution >= 4 is 6.03 Å². The Morgan fingerprint density at radius 2 is 2.41 bits per heavy atom. The largest absolute Gasteiger partial charge is 0.394 e. The lowest BCUT2D eigenvalue weighted by Crippen LogP contribution is -2.59. The van der Waals surface area contributed by atoms with Gasteiger partial charge >= 0.3 is 6.03 Å². The van der Waals surface area contributed by atoms with Crippen molar-refractivity contribution in [1.29, 1.82) is 0 Å². The number of carbonyl (C=O) groups excluding carboxylic acids is 1. The molecule has 0 spiro atoms. The summed E-state index contributed by atoms with van der Waals surface area (Å²) in [4.78, 5) is 12.8. The van der Waals surface area contributed by atoms with E-state index in [4.69, 9.17) is 9.84 Å². The molecule has 2 aliphatic heterocycles. The minimum absolute atomic E-state index is 0.0561. The van der Waals surface area contributed by atoms with Crippen molar-refractivity contribution in [3.8, 4) is 0 Å². The van der Waals surface area contributed by atoms with Crippen LogP contribution < -0.4 is 5.32 Å². The molecule has 0 radical (unpaired) electrons. The van der Waals surface area contributed by atoms with E-state index in [0.29, 0.717) is 6.42 Å². The average Bonchev–Trinajstić information content (AvgIpc) is 2.54. The summed E-state index contributed by atoms with van der Waals surface area (Å²) in [6.45, 7) is 1.31. The SMILES string of the molecule is CC1(F)C[C@@H](CO)O[C@H]1N1CC[C@@H](O)NC1=O. The Bertz CT molecular complexity index is 313. The fourth-order valence-electron chi connectivity index (χ4n) is 2.31. The van der Waals surface area contributed by atoms with Crippen LogP contribution in [0.1, 0.15) is 19.8 Å². The average molecular weight is 248 g/mol. The number of ether oxygens (including phenoxy) is 1. The molecule has 0 aliphatic carbocycles. The predicted molar refractivity (Wildman–Crippen MR) is 55.7 cm³/mol. The Morgan fingerprint density at radius 3 is 2.94 bits per heavy atom. The van der Waals surface area contributed by atoms with Crippen LogP contribution in [0.15, 0.2) is 0 Å². The van der Waals surface area contributed by atoms with Crippen molar-refractivity contribution < 1.29 is 24.1 Å². The number of urea groups is 1. The highest BCUT2D eigenvalue weighted by Gasteiger charge is 2.50. The van der Waals surface area contributed by atoms with Crippen molar-refractivity contribution in [3.63, 3.8) is 0 Å². The summed E-state index contributed by atoms with van der Waals surface area (Å²) in [5.74, 6) is 0. The topological polar surface area (TPSA) is 82.0 Å². The van der Waals surface area contributed by atoms with Crippen LogP contribution in [0.4, 0.5) is 9.18 Å². The van der Waals surface area contributed by atoms with E-state index in [-0.39, 0.29) is 19.6 Å². The monoisotopic (exact) mass is 248 g/mol. The summed E-state index contributed by atoms with van der Waals surface area (Å²) in [6.07, 6.45) is -2.10. The molecule has 17 heavy (non-hydrogen) atoms. The molecule has 6 nitrogen and oxygen atoms in total. The van der Waals surface area contributed by atoms with Crippen LogP contribution >= 0.6 is 0 Å². The van der Waals surface area contributed by atoms with E-state index < -0.39 is 30.3 Å². The zero-order valence-electron chi connectivity index (χ0n) is 9.60. The molecule has 0 aromatic carbocycles. The lowest BCUT2D eigenvalue weighted by atomic mass is 10.0. The van der Waals surface area contributed by atoms with Crippen LogP contribution in [-0.4, -0.2) is 58.5 Å². The van der Waals surface area contributed by atoms with Crippen molar-refractivity contribution in [2.45, 2.75) is 44.0 Å². The summed E-state index contributed by atoms with van der Waals surface area (Å²) in [5.41, 5.74) is -1.69. The quantitative estimate of drug-likeness (QED) is 0.618. The van der Waals surface area contributed by atoms with E-state index in [1.807, 2.05) is 0 Å². The molecule has 4 atom stereocenters. The zero-order chi connectivity index (χ0) is 12.6. The first-order chi connectivity index (χ1) is 7.94. The molecule has 0 saturated carbocycles. The lowest BCUT2D eigenvalue weighted by molar-refractivity contribution is -0.0971. The number of aliphatic hydroxyl groups is 2. The van der Waals surface area contributed by atoms with Gasteiger partial charge in [0.05, 0.1) is 12.7 Å². The molecule has 2 saturated heterocycles. The van der Waals surface area contributed by atoms with Gasteiger partial charge in [0.2, 0.25) is 0 Å². The Balaban J connectivity index is 2.09. The molecular formula is C10H17FN2O4. The lowest BCUT2D eigenvalue weighted by Gasteiger charge is -2.37. The summed E-state index contributed by atoms with van der Waals surface area (Å²) in [7, 11) is 0. The minimum atomic E-state index is -1.69. The second-order valence-corrected chi connectivity index (χ2v) is 4.72. The maximum atomic E-state index is 14.2. The molecule has 2 rings (SSSR count). The number of hydrogen-bond donors (Lipinski definition) is 3. The molecule has 0 aromatic heterocycles. The number of hydrogen-bond acceptors (Lipinski definition) is 4. The molecule has 2 amide bonds. The fourth-order valence-corrected chi connectivity index (χ4v) is 2.31. The van der Waals surface area contributed by atoms with Crippen molar-refractivity contribution in [1.82, 2.24) is 10.2 Å². The third kappa shape index (κ3) is 2.36. The Hall–Kier alpha value is -0.920. The maximum absolute atomic E-state index is 14.2. The number of alkyl halides is 1. The van der Waals surface area contributed by atoms with Gasteiger partial charge < -0.3 is 20.3 Å². The molecular weight excluding hydrogens is 231 g/mol. The number of nitrogens with one attached hydrogen (secondary N) is 1. The number of amides is 2. The first-order valence-electron chi connectivity index (χ1n) is 5.64. The Kier molecular flexibility index (Phi) is 3.24. The minimum Gasteiger partial charge on any atom is -0.394 e. The first kappa shape index (κ1) is 12.5. The van der Waals surface area contributed by atoms with Crippen LogP contribution in [0.3, 0.4) is 0 Å². The van der Waals surface area contributed by atoms with Crippen LogP contribution in [0.5, 0.6) is 0 Å². The first-order valence-corrected chi connectivity index (χ1v) is 5.64. The number of rotatable bonds is 2. The molecule has 2 fully saturated rings. The Labute approximate surface area is 98.4 Å². The van der Waals surface area contributed by atoms with Crippen LogP contribution in [0.25, 0.3) is 0 Å². The van der Waals surface area contributed by atoms with E-state index in [1.54, 1.807) is 0 Å². The van der Waals surface area contributed by atoms with Gasteiger partial charge in [-0.2, -0.15) is 0 Å². The molecule has 2 aliphatic rings. The highest BCUT2D eigenvalue weighted by molar-refractivity contribution is 5.75. The number of nitrogens with zero attached hydrogens (tertiary/aromatic N) is 1. The predicted octanol–water partition coefficient (Wildman–Crippen LogP) is -0.444. The van der Waals surface area contributed by atoms with Crippen LogP contribution in [0, 0.1) is 0 Å². The van der Waals surface area contributed by atoms with Gasteiger partial charge in [-0.05, 0) is 6.92 Å². The summed E-state index contributed by atoms with van der Waals surface area (Å²) >= 11 is 0. The summed E-state index contributed by atoms with van der Waals surface area (Å²) in [5, 5.41) is 20.5. The third-order valence-corrected chi connectivity index (χ3v) is 3.14. The molecule has 3 N–H and O–H groups in total. The number of carbonyl (C=O) groups is 1. The van der Waals surface area contributed by atoms with Gasteiger partial charge in [-0.15, -0.1) is 0 Å². The van der Waals surface area contributed by atoms with Gasteiger partial charge in [0.1, 0.15) is 6.23 Å². The van der Waals surface area contributed by atoms with Gasteiger partial charge in [-0.1, -0.05) is 0 Å². The van der Waals surface area contributed by atoms with Crippen molar-refractivity contribution in [3.05, 3.63) is 0 Å². The van der Waals surface area contributed by atoms with Gasteiger partial charge in [0.25, 0.3) is 0 Å². The highest BCUT2D eigenvalue weighted by Crippen LogP contribution is 2.36. The second-order valence-electron chi connectivity index (χ2n) is 4.72. The summed E-state index contributed by atoms with van der Waals surface area (Å²) in [6, 6.07) is -0.545. The molecule has 0 aromatic rings. The van der Waals surface area contributed by atoms with E-state index in [9.17, 15) is 14.3 Å². The van der Waals surface area contributed by atoms with Crippen LogP contribution in [-0.2, 0) is 4.74 Å². The number of halogens is 1. The molecule has 98 valence electrons. The third-order valence-electron chi connectivity index (χ3n) is 3.14. The zero-order valence-corrected chi connectivity index (χ0v) is 9.60. The van der Waals surface area contributed by atoms with Gasteiger partial charge in [0.15, 0.2) is 11.9 Å². The summed E-state index contributed by atoms with van der Waals surface area (Å²) < 4.78 is 19.6. The standard InChI is InChI=1S/C10H17FN2O4/c1-10(11)4-6(5-14)17-8(10)13-3-2-7(15)12-9(13)16/h6-8,14-15H,2-5H2,1H3,(H,12,16)/t6-,7+,8+,10?/m0/s1. The molecule has 0 bridgehead atoms. The fraction of sp³-hybridized carbons (Fsp3) is 0.900. The van der Waals surface area contributed by atoms with Gasteiger partial charge in [0, 0.05) is 19.4 Å². The van der Waals surface area contributed by atoms with Crippen molar-refractivity contribution in [2.75, 3.05) is 13.2 Å². The van der Waals surface area contributed by atoms with E-state index >= 15 is 0 Å². The molecule has 7 heteroatoms. The van der Waals surface area contributed by atoms with Gasteiger partial charge in [-0.25, -0.2) is 9.18 Å². The van der Waals surface area contributed by atoms with E-state index in [1.165, 1.54) is 11.8 Å². The second kappa shape index (κ2) is 4.40. The van der Waals surface area contributed by atoms with Crippen molar-refractivity contribution in [2.24, 2.45) is 0 Å². The maximum Gasteiger partial charge on any atom is 0.321 e.